The fourth-order valence-corrected chi connectivity index (χ4v) is 4.70. The number of unbranched alkanes of at least 4 members (excludes halogenated alkanes) is 1. The molecule has 1 unspecified atom stereocenters. The van der Waals surface area contributed by atoms with Crippen LogP contribution in [0.25, 0.3) is 0 Å². The summed E-state index contributed by atoms with van der Waals surface area (Å²) in [5, 5.41) is 0. The molecule has 0 amide bonds. The number of ether oxygens (including phenoxy) is 2. The summed E-state index contributed by atoms with van der Waals surface area (Å²) in [7, 11) is -1.48. The summed E-state index contributed by atoms with van der Waals surface area (Å²) < 4.78 is 22.1. The van der Waals surface area contributed by atoms with Gasteiger partial charge in [0.05, 0.1) is 0 Å². The van der Waals surface area contributed by atoms with E-state index in [0.29, 0.717) is 31.3 Å². The fourth-order valence-electron chi connectivity index (χ4n) is 3.00. The van der Waals surface area contributed by atoms with Gasteiger partial charge in [0.2, 0.25) is 7.37 Å². The van der Waals surface area contributed by atoms with Crippen LogP contribution in [0.2, 0.25) is 0 Å². The molecule has 0 heterocycles. The maximum Gasteiger partial charge on any atom is 0.204 e. The van der Waals surface area contributed by atoms with Gasteiger partial charge in [0.1, 0.15) is 6.79 Å². The van der Waals surface area contributed by atoms with Gasteiger partial charge in [-0.3, -0.25) is 4.57 Å². The van der Waals surface area contributed by atoms with Crippen LogP contribution in [0.3, 0.4) is 0 Å². The van der Waals surface area contributed by atoms with Gasteiger partial charge in [0, 0.05) is 26.0 Å². The molecular weight excluding hydrogens is 287 g/mol. The van der Waals surface area contributed by atoms with Crippen LogP contribution in [0, 0.1) is 5.92 Å². The minimum atomic E-state index is -3.06. The molecule has 1 atom stereocenters. The predicted octanol–water partition coefficient (Wildman–Crippen LogP) is 4.18. The van der Waals surface area contributed by atoms with Crippen molar-refractivity contribution in [2.24, 2.45) is 5.92 Å². The maximum absolute atomic E-state index is 12.2. The van der Waals surface area contributed by atoms with E-state index in [2.05, 4.69) is 6.58 Å². The van der Waals surface area contributed by atoms with E-state index in [1.165, 1.54) is 32.1 Å². The van der Waals surface area contributed by atoms with E-state index >= 15 is 0 Å². The SMILES string of the molecule is C=C(CC1CCCCC1)CP(=O)(O)CCCCOCOC. The third-order valence-electron chi connectivity index (χ3n) is 4.02. The molecular formula is C16H31O4P. The molecule has 0 saturated heterocycles. The average molecular weight is 318 g/mol. The van der Waals surface area contributed by atoms with Crippen molar-refractivity contribution in [2.45, 2.75) is 51.4 Å². The Bertz CT molecular complexity index is 337. The first kappa shape index (κ1) is 18.9. The maximum atomic E-state index is 12.2. The standard InChI is InChI=1S/C16H31O4P/c1-15(12-16-8-4-3-5-9-16)13-21(17,18)11-7-6-10-20-14-19-2/h16H,1,3-14H2,2H3,(H,17,18). The smallest absolute Gasteiger partial charge is 0.204 e. The second-order valence-corrected chi connectivity index (χ2v) is 8.66. The summed E-state index contributed by atoms with van der Waals surface area (Å²) in [5.74, 6) is 0.689. The van der Waals surface area contributed by atoms with Crippen LogP contribution >= 0.6 is 7.37 Å². The number of hydrogen-bond acceptors (Lipinski definition) is 3. The second-order valence-electron chi connectivity index (χ2n) is 6.21. The highest BCUT2D eigenvalue weighted by Crippen LogP contribution is 2.44. The van der Waals surface area contributed by atoms with Crippen LogP contribution in [0.15, 0.2) is 12.2 Å². The first-order chi connectivity index (χ1) is 10.0. The number of methoxy groups -OCH3 is 1. The molecule has 21 heavy (non-hydrogen) atoms. The van der Waals surface area contributed by atoms with Crippen molar-refractivity contribution in [3.63, 3.8) is 0 Å². The lowest BCUT2D eigenvalue weighted by atomic mass is 9.85. The van der Waals surface area contributed by atoms with E-state index in [4.69, 9.17) is 9.47 Å². The monoisotopic (exact) mass is 318 g/mol. The third-order valence-corrected chi connectivity index (χ3v) is 5.98. The molecule has 5 heteroatoms. The average Bonchev–Trinajstić information content (AvgIpc) is 2.43. The van der Waals surface area contributed by atoms with Crippen molar-refractivity contribution >= 4 is 7.37 Å². The summed E-state index contributed by atoms with van der Waals surface area (Å²) in [6.07, 6.45) is 9.56. The Balaban J connectivity index is 2.15. The largest absolute Gasteiger partial charge is 0.359 e. The fraction of sp³-hybridized carbons (Fsp3) is 0.875. The summed E-state index contributed by atoms with van der Waals surface area (Å²) in [5.41, 5.74) is 0.961. The highest BCUT2D eigenvalue weighted by Gasteiger charge is 2.21. The zero-order chi connectivity index (χ0) is 15.6. The van der Waals surface area contributed by atoms with Gasteiger partial charge in [-0.2, -0.15) is 0 Å². The Hall–Kier alpha value is -0.150. The Kier molecular flexibility index (Phi) is 9.50. The molecule has 1 N–H and O–H groups in total. The van der Waals surface area contributed by atoms with E-state index in [1.54, 1.807) is 7.11 Å². The second kappa shape index (κ2) is 10.6. The molecule has 1 fully saturated rings. The van der Waals surface area contributed by atoms with Crippen molar-refractivity contribution < 1.29 is 18.9 Å². The minimum Gasteiger partial charge on any atom is -0.359 e. The van der Waals surface area contributed by atoms with Gasteiger partial charge in [-0.1, -0.05) is 44.3 Å². The van der Waals surface area contributed by atoms with Crippen molar-refractivity contribution in [3.05, 3.63) is 12.2 Å². The zero-order valence-corrected chi connectivity index (χ0v) is 14.3. The number of rotatable bonds is 11. The van der Waals surface area contributed by atoms with Gasteiger partial charge < -0.3 is 14.4 Å². The van der Waals surface area contributed by atoms with Gasteiger partial charge >= 0.3 is 0 Å². The van der Waals surface area contributed by atoms with Crippen molar-refractivity contribution in [1.82, 2.24) is 0 Å². The summed E-state index contributed by atoms with van der Waals surface area (Å²) in [6.45, 7) is 4.90. The molecule has 0 bridgehead atoms. The van der Waals surface area contributed by atoms with Gasteiger partial charge in [-0.05, 0) is 25.2 Å². The molecule has 0 aromatic heterocycles. The molecule has 0 spiro atoms. The van der Waals surface area contributed by atoms with Crippen molar-refractivity contribution in [1.29, 1.82) is 0 Å². The Morgan fingerprint density at radius 1 is 1.29 bits per heavy atom. The van der Waals surface area contributed by atoms with E-state index in [0.717, 1.165) is 18.4 Å². The van der Waals surface area contributed by atoms with Crippen molar-refractivity contribution in [2.75, 3.05) is 32.8 Å². The lowest BCUT2D eigenvalue weighted by Crippen LogP contribution is -2.09. The topological polar surface area (TPSA) is 55.8 Å². The lowest BCUT2D eigenvalue weighted by molar-refractivity contribution is -0.0311. The molecule has 124 valence electrons. The minimum absolute atomic E-state index is 0.287. The van der Waals surface area contributed by atoms with Crippen LogP contribution in [0.1, 0.15) is 51.4 Å². The zero-order valence-electron chi connectivity index (χ0n) is 13.4. The molecule has 1 rings (SSSR count). The van der Waals surface area contributed by atoms with Crippen LogP contribution in [0.5, 0.6) is 0 Å². The molecule has 4 nitrogen and oxygen atoms in total. The molecule has 1 aliphatic rings. The molecule has 0 aliphatic heterocycles. The van der Waals surface area contributed by atoms with Gasteiger partial charge in [-0.25, -0.2) is 0 Å². The normalized spacial score (nSPS) is 19.3. The highest BCUT2D eigenvalue weighted by molar-refractivity contribution is 7.58. The first-order valence-electron chi connectivity index (χ1n) is 8.07. The van der Waals surface area contributed by atoms with Crippen LogP contribution < -0.4 is 0 Å². The summed E-state index contributed by atoms with van der Waals surface area (Å²) in [6, 6.07) is 0. The van der Waals surface area contributed by atoms with E-state index in [1.807, 2.05) is 0 Å². The van der Waals surface area contributed by atoms with Gasteiger partial charge in [0.15, 0.2) is 0 Å². The molecule has 0 aromatic carbocycles. The molecule has 1 aliphatic carbocycles. The van der Waals surface area contributed by atoms with E-state index in [9.17, 15) is 9.46 Å². The Labute approximate surface area is 129 Å². The van der Waals surface area contributed by atoms with E-state index < -0.39 is 7.37 Å². The molecule has 0 radical (unpaired) electrons. The Morgan fingerprint density at radius 2 is 2.00 bits per heavy atom. The van der Waals surface area contributed by atoms with E-state index in [-0.39, 0.29) is 6.79 Å². The summed E-state index contributed by atoms with van der Waals surface area (Å²) in [4.78, 5) is 10.0. The summed E-state index contributed by atoms with van der Waals surface area (Å²) >= 11 is 0. The van der Waals surface area contributed by atoms with Gasteiger partial charge in [-0.15, -0.1) is 0 Å². The van der Waals surface area contributed by atoms with Crippen LogP contribution in [-0.2, 0) is 14.0 Å². The highest BCUT2D eigenvalue weighted by atomic mass is 31.2. The van der Waals surface area contributed by atoms with Crippen LogP contribution in [-0.4, -0.2) is 37.7 Å². The third kappa shape index (κ3) is 9.46. The number of hydrogen-bond donors (Lipinski definition) is 1. The van der Waals surface area contributed by atoms with Gasteiger partial charge in [0.25, 0.3) is 0 Å². The predicted molar refractivity (Wildman–Crippen MR) is 87.0 cm³/mol. The number of allylic oxidation sites excluding steroid dienone is 1. The van der Waals surface area contributed by atoms with Crippen molar-refractivity contribution in [3.8, 4) is 0 Å². The molecule has 1 saturated carbocycles. The van der Waals surface area contributed by atoms with Crippen LogP contribution in [0.4, 0.5) is 0 Å². The lowest BCUT2D eigenvalue weighted by Gasteiger charge is -2.23. The molecule has 0 aromatic rings. The quantitative estimate of drug-likeness (QED) is 0.269. The Morgan fingerprint density at radius 3 is 2.67 bits per heavy atom. The first-order valence-corrected chi connectivity index (χ1v) is 10.1.